The fourth-order valence-electron chi connectivity index (χ4n) is 3.40. The van der Waals surface area contributed by atoms with Gasteiger partial charge in [0.1, 0.15) is 17.3 Å². The first-order valence-corrected chi connectivity index (χ1v) is 13.4. The maximum atomic E-state index is 12.6. The molecular weight excluding hydrogens is 442 g/mol. The van der Waals surface area contributed by atoms with Crippen molar-refractivity contribution in [1.82, 2.24) is 15.2 Å². The van der Waals surface area contributed by atoms with Gasteiger partial charge in [-0.25, -0.2) is 13.4 Å². The SMILES string of the molecule is CCCCN(CCCC)CCNC(=O)CS(=O)(=O)Cc1nc(-c2cccc(OC)c2)oc1C. The molecule has 1 heterocycles. The summed E-state index contributed by atoms with van der Waals surface area (Å²) in [6.07, 6.45) is 4.46. The predicted octanol–water partition coefficient (Wildman–Crippen LogP) is 3.59. The van der Waals surface area contributed by atoms with E-state index in [0.717, 1.165) is 45.3 Å². The number of ether oxygens (including phenoxy) is 1. The molecule has 184 valence electrons. The molecule has 0 fully saturated rings. The van der Waals surface area contributed by atoms with Crippen molar-refractivity contribution in [2.24, 2.45) is 0 Å². The lowest BCUT2D eigenvalue weighted by atomic mass is 10.2. The van der Waals surface area contributed by atoms with E-state index in [1.54, 1.807) is 32.2 Å². The first-order chi connectivity index (χ1) is 15.8. The van der Waals surface area contributed by atoms with Crippen LogP contribution in [0.3, 0.4) is 0 Å². The molecule has 33 heavy (non-hydrogen) atoms. The molecule has 1 amide bonds. The van der Waals surface area contributed by atoms with Crippen molar-refractivity contribution >= 4 is 15.7 Å². The second kappa shape index (κ2) is 13.3. The second-order valence-corrected chi connectivity index (χ2v) is 10.2. The first kappa shape index (κ1) is 26.9. The van der Waals surface area contributed by atoms with Gasteiger partial charge in [0.15, 0.2) is 9.84 Å². The fraction of sp³-hybridized carbons (Fsp3) is 0.583. The second-order valence-electron chi connectivity index (χ2n) is 8.18. The topological polar surface area (TPSA) is 102 Å². The van der Waals surface area contributed by atoms with Gasteiger partial charge in [0.2, 0.25) is 11.8 Å². The zero-order valence-electron chi connectivity index (χ0n) is 20.2. The van der Waals surface area contributed by atoms with E-state index < -0.39 is 21.5 Å². The van der Waals surface area contributed by atoms with E-state index in [0.29, 0.717) is 35.2 Å². The number of aryl methyl sites for hydroxylation is 1. The highest BCUT2D eigenvalue weighted by Crippen LogP contribution is 2.26. The number of benzene rings is 1. The molecule has 0 aliphatic heterocycles. The third-order valence-corrected chi connectivity index (χ3v) is 6.74. The molecule has 8 nitrogen and oxygen atoms in total. The number of unbranched alkanes of at least 4 members (excludes halogenated alkanes) is 2. The lowest BCUT2D eigenvalue weighted by Crippen LogP contribution is -2.38. The minimum atomic E-state index is -3.69. The molecule has 0 aliphatic rings. The Balaban J connectivity index is 1.91. The number of sulfone groups is 1. The largest absolute Gasteiger partial charge is 0.497 e. The van der Waals surface area contributed by atoms with E-state index in [1.807, 2.05) is 6.07 Å². The number of rotatable bonds is 15. The number of methoxy groups -OCH3 is 1. The van der Waals surface area contributed by atoms with Gasteiger partial charge in [0.25, 0.3) is 0 Å². The van der Waals surface area contributed by atoms with Crippen LogP contribution in [0.25, 0.3) is 11.5 Å². The summed E-state index contributed by atoms with van der Waals surface area (Å²) in [6, 6.07) is 7.18. The van der Waals surface area contributed by atoms with Crippen molar-refractivity contribution < 1.29 is 22.4 Å². The molecule has 2 rings (SSSR count). The molecule has 0 saturated carbocycles. The summed E-state index contributed by atoms with van der Waals surface area (Å²) in [5.41, 5.74) is 1.00. The fourth-order valence-corrected chi connectivity index (χ4v) is 4.69. The first-order valence-electron chi connectivity index (χ1n) is 11.6. The van der Waals surface area contributed by atoms with Crippen LogP contribution >= 0.6 is 0 Å². The molecule has 1 aromatic heterocycles. The zero-order chi connectivity index (χ0) is 24.3. The third kappa shape index (κ3) is 9.17. The lowest BCUT2D eigenvalue weighted by molar-refractivity contribution is -0.118. The van der Waals surface area contributed by atoms with Crippen LogP contribution in [0.5, 0.6) is 5.75 Å². The van der Waals surface area contributed by atoms with Gasteiger partial charge in [-0.05, 0) is 51.1 Å². The van der Waals surface area contributed by atoms with Crippen molar-refractivity contribution in [3.8, 4) is 17.2 Å². The van der Waals surface area contributed by atoms with Gasteiger partial charge < -0.3 is 19.4 Å². The quantitative estimate of drug-likeness (QED) is 0.416. The number of amides is 1. The van der Waals surface area contributed by atoms with Crippen LogP contribution in [-0.4, -0.2) is 63.3 Å². The highest BCUT2D eigenvalue weighted by molar-refractivity contribution is 7.91. The number of carbonyl (C=O) groups excluding carboxylic acids is 1. The Bertz CT molecular complexity index is 980. The van der Waals surface area contributed by atoms with Gasteiger partial charge >= 0.3 is 0 Å². The minimum Gasteiger partial charge on any atom is -0.497 e. The summed E-state index contributed by atoms with van der Waals surface area (Å²) in [5.74, 6) is -0.0249. The molecule has 0 radical (unpaired) electrons. The van der Waals surface area contributed by atoms with Gasteiger partial charge in [0, 0.05) is 18.7 Å². The maximum absolute atomic E-state index is 12.6. The van der Waals surface area contributed by atoms with Crippen molar-refractivity contribution in [3.05, 3.63) is 35.7 Å². The van der Waals surface area contributed by atoms with E-state index >= 15 is 0 Å². The molecule has 0 atom stereocenters. The Morgan fingerprint density at radius 2 is 1.85 bits per heavy atom. The number of carbonyl (C=O) groups is 1. The molecule has 0 bridgehead atoms. The van der Waals surface area contributed by atoms with Crippen LogP contribution in [0.4, 0.5) is 0 Å². The summed E-state index contributed by atoms with van der Waals surface area (Å²) in [7, 11) is -2.12. The Morgan fingerprint density at radius 3 is 2.48 bits per heavy atom. The molecule has 1 aromatic carbocycles. The standard InChI is InChI=1S/C24H37N3O5S/c1-5-7-13-27(14-8-6-2)15-12-25-23(28)18-33(29,30)17-22-19(3)32-24(26-22)20-10-9-11-21(16-20)31-4/h9-11,16H,5-8,12-15,17-18H2,1-4H3,(H,25,28). The summed E-state index contributed by atoms with van der Waals surface area (Å²) < 4.78 is 36.1. The molecule has 0 unspecified atom stereocenters. The van der Waals surface area contributed by atoms with Gasteiger partial charge in [-0.2, -0.15) is 0 Å². The van der Waals surface area contributed by atoms with E-state index in [4.69, 9.17) is 9.15 Å². The van der Waals surface area contributed by atoms with Crippen LogP contribution in [0.2, 0.25) is 0 Å². The molecule has 0 aliphatic carbocycles. The average molecular weight is 480 g/mol. The summed E-state index contributed by atoms with van der Waals surface area (Å²) in [4.78, 5) is 18.9. The molecule has 0 spiro atoms. The Kier molecular flexibility index (Phi) is 10.9. The van der Waals surface area contributed by atoms with Gasteiger partial charge in [-0.15, -0.1) is 0 Å². The molecule has 1 N–H and O–H groups in total. The van der Waals surface area contributed by atoms with E-state index in [-0.39, 0.29) is 5.75 Å². The number of nitrogens with one attached hydrogen (secondary N) is 1. The summed E-state index contributed by atoms with van der Waals surface area (Å²) in [5, 5.41) is 2.75. The zero-order valence-corrected chi connectivity index (χ0v) is 21.0. The highest BCUT2D eigenvalue weighted by Gasteiger charge is 2.22. The smallest absolute Gasteiger partial charge is 0.235 e. The van der Waals surface area contributed by atoms with Crippen molar-refractivity contribution in [2.75, 3.05) is 39.0 Å². The maximum Gasteiger partial charge on any atom is 0.235 e. The highest BCUT2D eigenvalue weighted by atomic mass is 32.2. The van der Waals surface area contributed by atoms with E-state index in [2.05, 4.69) is 29.0 Å². The minimum absolute atomic E-state index is 0.311. The molecule has 2 aromatic rings. The summed E-state index contributed by atoms with van der Waals surface area (Å²) >= 11 is 0. The van der Waals surface area contributed by atoms with Gasteiger partial charge in [-0.3, -0.25) is 4.79 Å². The van der Waals surface area contributed by atoms with E-state index in [9.17, 15) is 13.2 Å². The van der Waals surface area contributed by atoms with Crippen LogP contribution in [0.15, 0.2) is 28.7 Å². The van der Waals surface area contributed by atoms with Crippen molar-refractivity contribution in [3.63, 3.8) is 0 Å². The van der Waals surface area contributed by atoms with Crippen LogP contribution in [0.1, 0.15) is 51.0 Å². The van der Waals surface area contributed by atoms with Crippen LogP contribution < -0.4 is 10.1 Å². The molecule has 0 saturated heterocycles. The van der Waals surface area contributed by atoms with Crippen LogP contribution in [0, 0.1) is 6.92 Å². The number of oxazole rings is 1. The molecule has 9 heteroatoms. The Hall–Kier alpha value is -2.39. The number of hydrogen-bond acceptors (Lipinski definition) is 7. The summed E-state index contributed by atoms with van der Waals surface area (Å²) in [6.45, 7) is 9.12. The molecular formula is C24H37N3O5S. The predicted molar refractivity (Wildman–Crippen MR) is 130 cm³/mol. The number of nitrogens with zero attached hydrogens (tertiary/aromatic N) is 2. The average Bonchev–Trinajstić information content (AvgIpc) is 3.14. The Labute approximate surface area is 197 Å². The Morgan fingerprint density at radius 1 is 1.15 bits per heavy atom. The number of aromatic nitrogens is 1. The van der Waals surface area contributed by atoms with E-state index in [1.165, 1.54) is 0 Å². The van der Waals surface area contributed by atoms with Gasteiger partial charge in [0.05, 0.1) is 18.6 Å². The van der Waals surface area contributed by atoms with Crippen molar-refractivity contribution in [2.45, 2.75) is 52.2 Å². The van der Waals surface area contributed by atoms with Crippen LogP contribution in [-0.2, 0) is 20.4 Å². The number of hydrogen-bond donors (Lipinski definition) is 1. The normalized spacial score (nSPS) is 11.7. The van der Waals surface area contributed by atoms with Crippen molar-refractivity contribution in [1.29, 1.82) is 0 Å². The monoisotopic (exact) mass is 479 g/mol. The van der Waals surface area contributed by atoms with Gasteiger partial charge in [-0.1, -0.05) is 32.8 Å². The third-order valence-electron chi connectivity index (χ3n) is 5.32. The lowest BCUT2D eigenvalue weighted by Gasteiger charge is -2.22.